The molecule has 0 aromatic heterocycles. The van der Waals surface area contributed by atoms with Crippen molar-refractivity contribution in [2.45, 2.75) is 52.0 Å². The molecule has 7 heteroatoms. The Morgan fingerprint density at radius 3 is 2.46 bits per heavy atom. The van der Waals surface area contributed by atoms with Gasteiger partial charge in [-0.15, -0.1) is 0 Å². The van der Waals surface area contributed by atoms with Crippen LogP contribution in [0.4, 0.5) is 4.79 Å². The molecule has 2 aromatic carbocycles. The maximum Gasteiger partial charge on any atom is 0.315 e. The van der Waals surface area contributed by atoms with Crippen molar-refractivity contribution in [3.05, 3.63) is 53.6 Å². The van der Waals surface area contributed by atoms with Crippen LogP contribution in [0.5, 0.6) is 5.75 Å². The van der Waals surface area contributed by atoms with Crippen molar-refractivity contribution in [2.24, 2.45) is 5.41 Å². The highest BCUT2D eigenvalue weighted by molar-refractivity contribution is 5.87. The van der Waals surface area contributed by atoms with Gasteiger partial charge in [0.05, 0.1) is 13.2 Å². The molecule has 0 spiro atoms. The van der Waals surface area contributed by atoms with Crippen molar-refractivity contribution in [1.29, 1.82) is 0 Å². The zero-order chi connectivity index (χ0) is 25.1. The first-order valence-corrected chi connectivity index (χ1v) is 12.7. The Labute approximate surface area is 207 Å². The Morgan fingerprint density at radius 2 is 1.77 bits per heavy atom. The summed E-state index contributed by atoms with van der Waals surface area (Å²) >= 11 is 0. The molecule has 3 amide bonds. The monoisotopic (exact) mass is 479 g/mol. The van der Waals surface area contributed by atoms with Crippen molar-refractivity contribution >= 4 is 11.9 Å². The summed E-state index contributed by atoms with van der Waals surface area (Å²) in [7, 11) is 0. The second kappa shape index (κ2) is 10.3. The van der Waals surface area contributed by atoms with Gasteiger partial charge >= 0.3 is 6.03 Å². The van der Waals surface area contributed by atoms with E-state index < -0.39 is 5.54 Å². The van der Waals surface area contributed by atoms with Crippen LogP contribution in [0.15, 0.2) is 42.5 Å². The third-order valence-electron chi connectivity index (χ3n) is 7.42. The Morgan fingerprint density at radius 1 is 1.06 bits per heavy atom. The summed E-state index contributed by atoms with van der Waals surface area (Å²) < 4.78 is 5.34. The summed E-state index contributed by atoms with van der Waals surface area (Å²) in [6.45, 7) is 9.22. The minimum Gasteiger partial charge on any atom is -0.508 e. The number of amides is 3. The Balaban J connectivity index is 1.54. The highest BCUT2D eigenvalue weighted by Crippen LogP contribution is 2.65. The molecule has 1 aliphatic heterocycles. The van der Waals surface area contributed by atoms with Gasteiger partial charge in [0.15, 0.2) is 0 Å². The fraction of sp³-hybridized carbons (Fsp3) is 0.500. The number of rotatable bonds is 9. The van der Waals surface area contributed by atoms with Crippen molar-refractivity contribution in [1.82, 2.24) is 15.5 Å². The maximum absolute atomic E-state index is 12.8. The lowest BCUT2D eigenvalue weighted by atomic mass is 9.74. The molecular weight excluding hydrogens is 442 g/mol. The molecule has 1 aliphatic carbocycles. The number of hydrogen-bond donors (Lipinski definition) is 3. The number of nitrogens with zero attached hydrogens (tertiary/aromatic N) is 1. The fourth-order valence-corrected chi connectivity index (χ4v) is 5.47. The first kappa shape index (κ1) is 25.0. The first-order valence-electron chi connectivity index (χ1n) is 12.7. The molecule has 35 heavy (non-hydrogen) atoms. The number of benzene rings is 2. The summed E-state index contributed by atoms with van der Waals surface area (Å²) in [5, 5.41) is 16.9. The zero-order valence-electron chi connectivity index (χ0n) is 21.0. The Bertz CT molecular complexity index is 1060. The van der Waals surface area contributed by atoms with Crippen molar-refractivity contribution in [3.63, 3.8) is 0 Å². The van der Waals surface area contributed by atoms with E-state index in [9.17, 15) is 14.7 Å². The molecule has 1 heterocycles. The number of hydrogen-bond acceptors (Lipinski definition) is 4. The van der Waals surface area contributed by atoms with Crippen LogP contribution in [0, 0.1) is 5.41 Å². The number of nitrogens with one attached hydrogen (secondary N) is 2. The third-order valence-corrected chi connectivity index (χ3v) is 7.42. The average molecular weight is 480 g/mol. The van der Waals surface area contributed by atoms with Crippen LogP contribution in [0.25, 0.3) is 11.1 Å². The summed E-state index contributed by atoms with van der Waals surface area (Å²) in [5.74, 6) is 0.382. The minimum absolute atomic E-state index is 0.181. The second-order valence-corrected chi connectivity index (χ2v) is 10.1. The molecule has 1 saturated heterocycles. The molecule has 0 saturated carbocycles. The van der Waals surface area contributed by atoms with Crippen molar-refractivity contribution in [3.8, 4) is 16.9 Å². The number of morpholine rings is 1. The number of urea groups is 1. The van der Waals surface area contributed by atoms with E-state index in [0.717, 1.165) is 41.5 Å². The molecule has 4 rings (SSSR count). The Kier molecular flexibility index (Phi) is 7.36. The van der Waals surface area contributed by atoms with Gasteiger partial charge in [-0.25, -0.2) is 4.79 Å². The summed E-state index contributed by atoms with van der Waals surface area (Å²) in [5.41, 5.74) is 2.68. The standard InChI is InChI=1S/C28H37N3O4/c1-4-29-26(34)30-28(24-21(13-14-22(32)25(24)28)20-10-6-5-7-11-20)27(2,3)15-9-8-12-23(33)31-16-18-35-19-17-31/h5-7,10-11,13-14,32H,4,8-9,12,15-19H2,1-3H3,(H2,29,30,34). The molecule has 1 fully saturated rings. The number of carbonyl (C=O) groups excluding carboxylic acids is 2. The number of carbonyl (C=O) groups is 2. The molecule has 0 bridgehead atoms. The predicted octanol–water partition coefficient (Wildman–Crippen LogP) is 4.38. The van der Waals surface area contributed by atoms with Crippen LogP contribution in [-0.4, -0.2) is 54.8 Å². The number of fused-ring (bicyclic) bond motifs is 1. The van der Waals surface area contributed by atoms with Gasteiger partial charge in [-0.1, -0.05) is 56.7 Å². The summed E-state index contributed by atoms with van der Waals surface area (Å²) in [4.78, 5) is 27.2. The van der Waals surface area contributed by atoms with E-state index in [1.165, 1.54) is 0 Å². The van der Waals surface area contributed by atoms with E-state index in [4.69, 9.17) is 4.74 Å². The number of ether oxygens (including phenoxy) is 1. The molecule has 7 nitrogen and oxygen atoms in total. The van der Waals surface area contributed by atoms with E-state index in [1.807, 2.05) is 48.2 Å². The molecule has 3 N–H and O–H groups in total. The molecule has 188 valence electrons. The lowest BCUT2D eigenvalue weighted by Gasteiger charge is -2.37. The summed E-state index contributed by atoms with van der Waals surface area (Å²) in [6.07, 6.45) is 2.93. The third kappa shape index (κ3) is 4.87. The smallest absolute Gasteiger partial charge is 0.315 e. The minimum atomic E-state index is -0.779. The van der Waals surface area contributed by atoms with Gasteiger partial charge in [0.25, 0.3) is 0 Å². The molecule has 0 radical (unpaired) electrons. The average Bonchev–Trinajstić information content (AvgIpc) is 3.54. The van der Waals surface area contributed by atoms with Crippen molar-refractivity contribution < 1.29 is 19.4 Å². The molecule has 2 aromatic rings. The topological polar surface area (TPSA) is 90.9 Å². The summed E-state index contributed by atoms with van der Waals surface area (Å²) in [6, 6.07) is 13.5. The molecular formula is C28H37N3O4. The van der Waals surface area contributed by atoms with Crippen LogP contribution in [0.3, 0.4) is 0 Å². The predicted molar refractivity (Wildman–Crippen MR) is 136 cm³/mol. The van der Waals surface area contributed by atoms with Crippen LogP contribution in [0.1, 0.15) is 57.6 Å². The highest BCUT2D eigenvalue weighted by Gasteiger charge is 2.63. The number of phenolic OH excluding ortho intramolecular Hbond substituents is 1. The normalized spacial score (nSPS) is 19.1. The zero-order valence-corrected chi connectivity index (χ0v) is 21.0. The van der Waals surface area contributed by atoms with E-state index in [-0.39, 0.29) is 23.1 Å². The van der Waals surface area contributed by atoms with Crippen LogP contribution < -0.4 is 10.6 Å². The lowest BCUT2D eigenvalue weighted by molar-refractivity contribution is -0.135. The van der Waals surface area contributed by atoms with E-state index in [2.05, 4.69) is 24.5 Å². The fourth-order valence-electron chi connectivity index (χ4n) is 5.47. The maximum atomic E-state index is 12.8. The van der Waals surface area contributed by atoms with E-state index >= 15 is 0 Å². The number of unbranched alkanes of at least 4 members (excludes halogenated alkanes) is 1. The van der Waals surface area contributed by atoms with Crippen LogP contribution in [0.2, 0.25) is 0 Å². The van der Waals surface area contributed by atoms with Gasteiger partial charge in [0.2, 0.25) is 5.91 Å². The van der Waals surface area contributed by atoms with Gasteiger partial charge in [-0.2, -0.15) is 0 Å². The van der Waals surface area contributed by atoms with Gasteiger partial charge in [0, 0.05) is 37.2 Å². The SMILES string of the molecule is CCNC(=O)NC1(C(C)(C)CCCCC(=O)N2CCOCC2)c2c(O)ccc(-c3ccccc3)c21. The van der Waals surface area contributed by atoms with Gasteiger partial charge < -0.3 is 25.4 Å². The molecule has 2 aliphatic rings. The highest BCUT2D eigenvalue weighted by atomic mass is 16.5. The van der Waals surface area contributed by atoms with Crippen molar-refractivity contribution in [2.75, 3.05) is 32.8 Å². The van der Waals surface area contributed by atoms with Crippen LogP contribution >= 0.6 is 0 Å². The number of phenols is 1. The quantitative estimate of drug-likeness (QED) is 0.466. The first-order chi connectivity index (χ1) is 16.8. The second-order valence-electron chi connectivity index (χ2n) is 10.1. The molecule has 1 unspecified atom stereocenters. The van der Waals surface area contributed by atoms with Gasteiger partial charge in [-0.3, -0.25) is 4.79 Å². The van der Waals surface area contributed by atoms with E-state index in [0.29, 0.717) is 39.3 Å². The van der Waals surface area contributed by atoms with Gasteiger partial charge in [-0.05, 0) is 42.4 Å². The van der Waals surface area contributed by atoms with E-state index in [1.54, 1.807) is 6.07 Å². The van der Waals surface area contributed by atoms with Gasteiger partial charge in [0.1, 0.15) is 11.3 Å². The lowest BCUT2D eigenvalue weighted by Crippen LogP contribution is -2.50. The largest absolute Gasteiger partial charge is 0.508 e. The molecule has 1 atom stereocenters. The Hall–Kier alpha value is -3.06. The van der Waals surface area contributed by atoms with Crippen LogP contribution in [-0.2, 0) is 15.1 Å². The number of aromatic hydroxyl groups is 1.